The van der Waals surface area contributed by atoms with Crippen molar-refractivity contribution < 1.29 is 19.0 Å². The van der Waals surface area contributed by atoms with Crippen LogP contribution in [0.2, 0.25) is 0 Å². The van der Waals surface area contributed by atoms with Gasteiger partial charge in [0.2, 0.25) is 0 Å². The number of hydrogen-bond donors (Lipinski definition) is 1. The maximum atomic E-state index is 10.9. The van der Waals surface area contributed by atoms with Gasteiger partial charge in [0.15, 0.2) is 0 Å². The Morgan fingerprint density at radius 2 is 1.39 bits per heavy atom. The molecule has 0 bridgehead atoms. The third-order valence-corrected chi connectivity index (χ3v) is 8.13. The van der Waals surface area contributed by atoms with E-state index in [1.165, 1.54) is 16.7 Å². The van der Waals surface area contributed by atoms with Crippen LogP contribution in [0.5, 0.6) is 11.5 Å². The molecule has 38 heavy (non-hydrogen) atoms. The van der Waals surface area contributed by atoms with Crippen LogP contribution in [0.3, 0.4) is 0 Å². The smallest absolute Gasteiger partial charge is 0.404 e. The van der Waals surface area contributed by atoms with Crippen molar-refractivity contribution in [2.75, 3.05) is 20.0 Å². The molecule has 4 rings (SSSR count). The van der Waals surface area contributed by atoms with Gasteiger partial charge >= 0.3 is 6.09 Å². The topological polar surface area (TPSA) is 70.8 Å². The van der Waals surface area contributed by atoms with Crippen LogP contribution >= 0.6 is 11.8 Å². The molecule has 4 aromatic carbocycles. The van der Waals surface area contributed by atoms with Crippen molar-refractivity contribution in [1.82, 2.24) is 0 Å². The second-order valence-electron chi connectivity index (χ2n) is 8.85. The van der Waals surface area contributed by atoms with Crippen molar-refractivity contribution in [2.24, 2.45) is 5.73 Å². The van der Waals surface area contributed by atoms with E-state index in [1.807, 2.05) is 42.1 Å². The lowest BCUT2D eigenvalue weighted by atomic mass is 9.84. The maximum Gasteiger partial charge on any atom is 0.404 e. The molecule has 0 aliphatic rings. The number of benzene rings is 4. The number of primary amides is 1. The Morgan fingerprint density at radius 1 is 0.789 bits per heavy atom. The van der Waals surface area contributed by atoms with E-state index in [0.29, 0.717) is 0 Å². The molecule has 0 atom stereocenters. The van der Waals surface area contributed by atoms with E-state index < -0.39 is 6.09 Å². The summed E-state index contributed by atoms with van der Waals surface area (Å²) in [6.07, 6.45) is 1.02. The molecule has 1 amide bonds. The summed E-state index contributed by atoms with van der Waals surface area (Å²) >= 11 is 1.94. The highest BCUT2D eigenvalue weighted by atomic mass is 32.2. The Morgan fingerprint density at radius 3 is 1.95 bits per heavy atom. The summed E-state index contributed by atoms with van der Waals surface area (Å²) in [6, 6.07) is 35.7. The van der Waals surface area contributed by atoms with Crippen molar-refractivity contribution in [3.8, 4) is 11.5 Å². The summed E-state index contributed by atoms with van der Waals surface area (Å²) in [6.45, 7) is 0.125. The summed E-state index contributed by atoms with van der Waals surface area (Å²) in [4.78, 5) is 10.9. The molecular formula is C32H33NO4S. The molecule has 4 aromatic rings. The number of nitrogens with two attached hydrogens (primary N) is 1. The molecule has 0 unspecified atom stereocenters. The standard InChI is InChI=1S/C32H33NO4S/c1-35-29-19-17-28(18-20-29)32(26-11-5-3-6-12-26,27-13-7-4-8-14-27)38-21-9-10-25-16-15-24(22-30(25)36-2)23-37-31(33)34/h3-8,11-20,22H,9-10,21,23H2,1-2H3,(H2,33,34). The summed E-state index contributed by atoms with van der Waals surface area (Å²) in [5, 5.41) is 0. The average Bonchev–Trinajstić information content (AvgIpc) is 2.97. The first kappa shape index (κ1) is 27.1. The fraction of sp³-hybridized carbons (Fsp3) is 0.219. The summed E-state index contributed by atoms with van der Waals surface area (Å²) in [7, 11) is 3.35. The minimum Gasteiger partial charge on any atom is -0.497 e. The van der Waals surface area contributed by atoms with Crippen LogP contribution in [0.15, 0.2) is 103 Å². The van der Waals surface area contributed by atoms with Crippen LogP contribution in [0, 0.1) is 0 Å². The molecule has 0 fully saturated rings. The highest BCUT2D eigenvalue weighted by Crippen LogP contribution is 2.49. The Bertz CT molecular complexity index is 1270. The van der Waals surface area contributed by atoms with E-state index >= 15 is 0 Å². The zero-order valence-corrected chi connectivity index (χ0v) is 22.6. The number of rotatable bonds is 12. The lowest BCUT2D eigenvalue weighted by molar-refractivity contribution is 0.150. The van der Waals surface area contributed by atoms with E-state index in [0.717, 1.165) is 41.2 Å². The van der Waals surface area contributed by atoms with E-state index in [4.69, 9.17) is 19.9 Å². The van der Waals surface area contributed by atoms with E-state index in [2.05, 4.69) is 72.8 Å². The van der Waals surface area contributed by atoms with Crippen LogP contribution in [0.25, 0.3) is 0 Å². The molecule has 5 nitrogen and oxygen atoms in total. The van der Waals surface area contributed by atoms with Gasteiger partial charge in [0.25, 0.3) is 0 Å². The zero-order chi connectivity index (χ0) is 26.8. The number of thioether (sulfide) groups is 1. The van der Waals surface area contributed by atoms with Gasteiger partial charge in [-0.1, -0.05) is 84.9 Å². The number of amides is 1. The third-order valence-electron chi connectivity index (χ3n) is 6.50. The van der Waals surface area contributed by atoms with Crippen molar-refractivity contribution in [3.05, 3.63) is 131 Å². The fourth-order valence-electron chi connectivity index (χ4n) is 4.65. The first-order valence-electron chi connectivity index (χ1n) is 12.5. The molecule has 0 saturated carbocycles. The van der Waals surface area contributed by atoms with Crippen molar-refractivity contribution >= 4 is 17.9 Å². The Balaban J connectivity index is 1.60. The lowest BCUT2D eigenvalue weighted by Gasteiger charge is -2.35. The van der Waals surface area contributed by atoms with Gasteiger partial charge in [-0.3, -0.25) is 0 Å². The quantitative estimate of drug-likeness (QED) is 0.159. The van der Waals surface area contributed by atoms with Crippen LogP contribution in [-0.4, -0.2) is 26.1 Å². The molecule has 6 heteroatoms. The van der Waals surface area contributed by atoms with Crippen molar-refractivity contribution in [3.63, 3.8) is 0 Å². The number of hydrogen-bond acceptors (Lipinski definition) is 5. The second-order valence-corrected chi connectivity index (χ2v) is 10.2. The number of carbonyl (C=O) groups excluding carboxylic acids is 1. The summed E-state index contributed by atoms with van der Waals surface area (Å²) in [5.41, 5.74) is 10.7. The van der Waals surface area contributed by atoms with Gasteiger partial charge in [-0.25, -0.2) is 4.79 Å². The van der Waals surface area contributed by atoms with Gasteiger partial charge in [-0.05, 0) is 64.6 Å². The van der Waals surface area contributed by atoms with Gasteiger partial charge in [-0.2, -0.15) is 0 Å². The number of carbonyl (C=O) groups is 1. The number of ether oxygens (including phenoxy) is 3. The largest absolute Gasteiger partial charge is 0.497 e. The van der Waals surface area contributed by atoms with Gasteiger partial charge in [0.1, 0.15) is 18.1 Å². The van der Waals surface area contributed by atoms with Crippen LogP contribution < -0.4 is 15.2 Å². The van der Waals surface area contributed by atoms with Gasteiger partial charge in [-0.15, -0.1) is 11.8 Å². The Labute approximate surface area is 228 Å². The monoisotopic (exact) mass is 527 g/mol. The highest BCUT2D eigenvalue weighted by molar-refractivity contribution is 8.00. The second kappa shape index (κ2) is 13.1. The van der Waals surface area contributed by atoms with Crippen LogP contribution in [0.4, 0.5) is 4.79 Å². The molecular weight excluding hydrogens is 494 g/mol. The number of methoxy groups -OCH3 is 2. The summed E-state index contributed by atoms with van der Waals surface area (Å²) in [5.74, 6) is 2.55. The predicted octanol–water partition coefficient (Wildman–Crippen LogP) is 6.96. The normalized spacial score (nSPS) is 11.1. The van der Waals surface area contributed by atoms with Crippen LogP contribution in [-0.2, 0) is 22.5 Å². The molecule has 0 aliphatic carbocycles. The van der Waals surface area contributed by atoms with Crippen molar-refractivity contribution in [2.45, 2.75) is 24.2 Å². The van der Waals surface area contributed by atoms with E-state index in [1.54, 1.807) is 14.2 Å². The molecule has 2 N–H and O–H groups in total. The van der Waals surface area contributed by atoms with Gasteiger partial charge in [0, 0.05) is 0 Å². The van der Waals surface area contributed by atoms with Crippen LogP contribution in [0.1, 0.15) is 34.2 Å². The highest BCUT2D eigenvalue weighted by Gasteiger charge is 2.36. The van der Waals surface area contributed by atoms with Gasteiger partial charge < -0.3 is 19.9 Å². The van der Waals surface area contributed by atoms with E-state index in [9.17, 15) is 4.79 Å². The minimum absolute atomic E-state index is 0.125. The minimum atomic E-state index is -0.790. The first-order chi connectivity index (χ1) is 18.6. The third kappa shape index (κ3) is 6.32. The predicted molar refractivity (Wildman–Crippen MR) is 154 cm³/mol. The van der Waals surface area contributed by atoms with E-state index in [-0.39, 0.29) is 11.4 Å². The Kier molecular flexibility index (Phi) is 9.33. The molecule has 0 aliphatic heterocycles. The molecule has 0 saturated heterocycles. The molecule has 0 radical (unpaired) electrons. The maximum absolute atomic E-state index is 10.9. The molecule has 196 valence electrons. The molecule has 0 spiro atoms. The number of aryl methyl sites for hydroxylation is 1. The SMILES string of the molecule is COc1ccc(C(SCCCc2ccc(COC(N)=O)cc2OC)(c2ccccc2)c2ccccc2)cc1. The first-order valence-corrected chi connectivity index (χ1v) is 13.5. The molecule has 0 aromatic heterocycles. The lowest BCUT2D eigenvalue weighted by Crippen LogP contribution is -2.26. The average molecular weight is 528 g/mol. The fourth-order valence-corrected chi connectivity index (χ4v) is 6.15. The van der Waals surface area contributed by atoms with Crippen molar-refractivity contribution in [1.29, 1.82) is 0 Å². The Hall–Kier alpha value is -3.90. The summed E-state index contributed by atoms with van der Waals surface area (Å²) < 4.78 is 15.6. The van der Waals surface area contributed by atoms with Gasteiger partial charge in [0.05, 0.1) is 19.0 Å². The molecule has 0 heterocycles. The zero-order valence-electron chi connectivity index (χ0n) is 21.8.